The third kappa shape index (κ3) is 3.05. The third-order valence-corrected chi connectivity index (χ3v) is 3.51. The molecule has 1 aromatic rings. The van der Waals surface area contributed by atoms with Crippen LogP contribution in [0.5, 0.6) is 5.75 Å². The molecule has 1 saturated carbocycles. The lowest BCUT2D eigenvalue weighted by molar-refractivity contribution is 0.198. The molecule has 1 fully saturated rings. The summed E-state index contributed by atoms with van der Waals surface area (Å²) in [6.07, 6.45) is 2.06. The molecule has 0 aromatic heterocycles. The molecule has 1 aliphatic rings. The van der Waals surface area contributed by atoms with Gasteiger partial charge >= 0.3 is 0 Å². The van der Waals surface area contributed by atoms with Gasteiger partial charge in [-0.3, -0.25) is 5.32 Å². The molecule has 1 unspecified atom stereocenters. The largest absolute Gasteiger partial charge is 0.487 e. The minimum Gasteiger partial charge on any atom is -0.487 e. The minimum absolute atomic E-state index is 0.183. The SMILES string of the molecule is CCNC(C#N)(COc1cc(C)ccc1F)C1CC1. The van der Waals surface area contributed by atoms with E-state index in [1.165, 1.54) is 6.07 Å². The van der Waals surface area contributed by atoms with E-state index in [4.69, 9.17) is 4.74 Å². The molecular formula is C15H19FN2O. The summed E-state index contributed by atoms with van der Waals surface area (Å²) in [6.45, 7) is 4.73. The van der Waals surface area contributed by atoms with Crippen molar-refractivity contribution in [1.82, 2.24) is 5.32 Å². The van der Waals surface area contributed by atoms with Gasteiger partial charge in [-0.2, -0.15) is 5.26 Å². The third-order valence-electron chi connectivity index (χ3n) is 3.51. The van der Waals surface area contributed by atoms with Gasteiger partial charge in [0, 0.05) is 0 Å². The van der Waals surface area contributed by atoms with Crippen LogP contribution in [0.4, 0.5) is 4.39 Å². The fraction of sp³-hybridized carbons (Fsp3) is 0.533. The monoisotopic (exact) mass is 262 g/mol. The molecule has 0 aliphatic heterocycles. The molecule has 2 rings (SSSR count). The Balaban J connectivity index is 2.10. The van der Waals surface area contributed by atoms with Crippen molar-refractivity contribution >= 4 is 0 Å². The molecular weight excluding hydrogens is 243 g/mol. The lowest BCUT2D eigenvalue weighted by Crippen LogP contribution is -2.51. The van der Waals surface area contributed by atoms with Crippen LogP contribution in [0.1, 0.15) is 25.3 Å². The first kappa shape index (κ1) is 13.8. The second-order valence-corrected chi connectivity index (χ2v) is 5.11. The van der Waals surface area contributed by atoms with Crippen LogP contribution < -0.4 is 10.1 Å². The molecule has 1 aromatic carbocycles. The van der Waals surface area contributed by atoms with Crippen molar-refractivity contribution in [3.8, 4) is 11.8 Å². The summed E-state index contributed by atoms with van der Waals surface area (Å²) in [4.78, 5) is 0. The first-order chi connectivity index (χ1) is 9.11. The van der Waals surface area contributed by atoms with Gasteiger partial charge in [0.2, 0.25) is 0 Å². The van der Waals surface area contributed by atoms with Gasteiger partial charge in [-0.1, -0.05) is 13.0 Å². The van der Waals surface area contributed by atoms with E-state index in [2.05, 4.69) is 11.4 Å². The van der Waals surface area contributed by atoms with E-state index < -0.39 is 5.54 Å². The second kappa shape index (κ2) is 5.58. The first-order valence-corrected chi connectivity index (χ1v) is 6.66. The summed E-state index contributed by atoms with van der Waals surface area (Å²) in [5.74, 6) is 0.147. The number of likely N-dealkylation sites (N-methyl/N-ethyl adjacent to an activating group) is 1. The molecule has 0 heterocycles. The van der Waals surface area contributed by atoms with Gasteiger partial charge in [0.05, 0.1) is 6.07 Å². The fourth-order valence-corrected chi connectivity index (χ4v) is 2.28. The Morgan fingerprint density at radius 1 is 1.53 bits per heavy atom. The number of benzene rings is 1. The topological polar surface area (TPSA) is 45.0 Å². The Hall–Kier alpha value is -1.60. The van der Waals surface area contributed by atoms with E-state index in [9.17, 15) is 9.65 Å². The van der Waals surface area contributed by atoms with Gasteiger partial charge in [-0.05, 0) is 49.9 Å². The highest BCUT2D eigenvalue weighted by molar-refractivity contribution is 5.30. The highest BCUT2D eigenvalue weighted by Crippen LogP contribution is 2.39. The Morgan fingerprint density at radius 3 is 2.84 bits per heavy atom. The molecule has 0 bridgehead atoms. The Bertz CT molecular complexity index is 493. The molecule has 0 radical (unpaired) electrons. The number of ether oxygens (including phenoxy) is 1. The molecule has 0 amide bonds. The van der Waals surface area contributed by atoms with Crippen molar-refractivity contribution in [3.05, 3.63) is 29.6 Å². The average molecular weight is 262 g/mol. The standard InChI is InChI=1S/C15H19FN2O/c1-3-18-15(9-17,12-5-6-12)10-19-14-8-11(2)4-7-13(14)16/h4,7-8,12,18H,3,5-6,10H2,1-2H3. The maximum absolute atomic E-state index is 13.6. The molecule has 1 atom stereocenters. The number of hydrogen-bond donors (Lipinski definition) is 1. The molecule has 4 heteroatoms. The number of rotatable bonds is 6. The number of halogens is 1. The average Bonchev–Trinajstić information content (AvgIpc) is 3.23. The Morgan fingerprint density at radius 2 is 2.26 bits per heavy atom. The summed E-state index contributed by atoms with van der Waals surface area (Å²) >= 11 is 0. The van der Waals surface area contributed by atoms with Crippen LogP contribution in [0.2, 0.25) is 0 Å². The van der Waals surface area contributed by atoms with Crippen molar-refractivity contribution in [2.45, 2.75) is 32.2 Å². The van der Waals surface area contributed by atoms with Gasteiger partial charge in [0.15, 0.2) is 11.6 Å². The molecule has 1 aliphatic carbocycles. The minimum atomic E-state index is -0.690. The predicted octanol–water partition coefficient (Wildman–Crippen LogP) is 2.79. The zero-order valence-electron chi connectivity index (χ0n) is 11.4. The maximum Gasteiger partial charge on any atom is 0.165 e. The molecule has 1 N–H and O–H groups in total. The van der Waals surface area contributed by atoms with Crippen LogP contribution in [-0.4, -0.2) is 18.7 Å². The van der Waals surface area contributed by atoms with Crippen molar-refractivity contribution in [1.29, 1.82) is 5.26 Å². The number of hydrogen-bond acceptors (Lipinski definition) is 3. The highest BCUT2D eigenvalue weighted by Gasteiger charge is 2.46. The lowest BCUT2D eigenvalue weighted by Gasteiger charge is -2.27. The van der Waals surface area contributed by atoms with Gasteiger partial charge in [-0.25, -0.2) is 4.39 Å². The molecule has 102 valence electrons. The molecule has 0 spiro atoms. The number of nitrogens with one attached hydrogen (secondary N) is 1. The van der Waals surface area contributed by atoms with E-state index in [-0.39, 0.29) is 18.2 Å². The van der Waals surface area contributed by atoms with Crippen molar-refractivity contribution in [2.24, 2.45) is 5.92 Å². The van der Waals surface area contributed by atoms with Crippen molar-refractivity contribution < 1.29 is 9.13 Å². The van der Waals surface area contributed by atoms with Crippen LogP contribution in [-0.2, 0) is 0 Å². The van der Waals surface area contributed by atoms with E-state index >= 15 is 0 Å². The highest BCUT2D eigenvalue weighted by atomic mass is 19.1. The van der Waals surface area contributed by atoms with Crippen LogP contribution in [0.15, 0.2) is 18.2 Å². The summed E-state index contributed by atoms with van der Waals surface area (Å²) in [5, 5.41) is 12.6. The molecule has 19 heavy (non-hydrogen) atoms. The summed E-state index contributed by atoms with van der Waals surface area (Å²) in [6, 6.07) is 7.08. The second-order valence-electron chi connectivity index (χ2n) is 5.11. The van der Waals surface area contributed by atoms with Gasteiger partial charge in [0.25, 0.3) is 0 Å². The van der Waals surface area contributed by atoms with Crippen molar-refractivity contribution in [2.75, 3.05) is 13.2 Å². The number of aryl methyl sites for hydroxylation is 1. The van der Waals surface area contributed by atoms with Crippen molar-refractivity contribution in [3.63, 3.8) is 0 Å². The normalized spacial score (nSPS) is 17.6. The van der Waals surface area contributed by atoms with E-state index in [1.54, 1.807) is 12.1 Å². The van der Waals surface area contributed by atoms with Crippen LogP contribution in [0, 0.1) is 30.0 Å². The lowest BCUT2D eigenvalue weighted by atomic mass is 9.96. The predicted molar refractivity (Wildman–Crippen MR) is 71.4 cm³/mol. The number of nitrogens with zero attached hydrogens (tertiary/aromatic N) is 1. The van der Waals surface area contributed by atoms with Gasteiger partial charge in [0.1, 0.15) is 12.1 Å². The first-order valence-electron chi connectivity index (χ1n) is 6.66. The van der Waals surface area contributed by atoms with E-state index in [1.807, 2.05) is 13.8 Å². The zero-order valence-corrected chi connectivity index (χ0v) is 11.4. The van der Waals surface area contributed by atoms with Crippen LogP contribution in [0.25, 0.3) is 0 Å². The molecule has 0 saturated heterocycles. The van der Waals surface area contributed by atoms with Crippen LogP contribution in [0.3, 0.4) is 0 Å². The van der Waals surface area contributed by atoms with E-state index in [0.717, 1.165) is 18.4 Å². The zero-order chi connectivity index (χ0) is 13.9. The number of nitriles is 1. The van der Waals surface area contributed by atoms with Gasteiger partial charge < -0.3 is 4.74 Å². The Kier molecular flexibility index (Phi) is 4.06. The maximum atomic E-state index is 13.6. The quantitative estimate of drug-likeness (QED) is 0.857. The van der Waals surface area contributed by atoms with Gasteiger partial charge in [-0.15, -0.1) is 0 Å². The van der Waals surface area contributed by atoms with Crippen LogP contribution >= 0.6 is 0 Å². The molecule has 3 nitrogen and oxygen atoms in total. The summed E-state index contributed by atoms with van der Waals surface area (Å²) in [5.41, 5.74) is 0.249. The summed E-state index contributed by atoms with van der Waals surface area (Å²) < 4.78 is 19.2. The smallest absolute Gasteiger partial charge is 0.165 e. The Labute approximate surface area is 113 Å². The fourth-order valence-electron chi connectivity index (χ4n) is 2.28. The summed E-state index contributed by atoms with van der Waals surface area (Å²) in [7, 11) is 0. The van der Waals surface area contributed by atoms with E-state index in [0.29, 0.717) is 12.5 Å².